The first-order valence-corrected chi connectivity index (χ1v) is 7.81. The molecule has 0 aliphatic heterocycles. The smallest absolute Gasteiger partial charge is 0.335 e. The van der Waals surface area contributed by atoms with E-state index in [9.17, 15) is 4.79 Å². The quantitative estimate of drug-likeness (QED) is 0.705. The van der Waals surface area contributed by atoms with Crippen molar-refractivity contribution in [1.29, 1.82) is 0 Å². The van der Waals surface area contributed by atoms with E-state index >= 15 is 0 Å². The number of benzene rings is 2. The molecule has 4 heteroatoms. The van der Waals surface area contributed by atoms with E-state index < -0.39 is 5.97 Å². The number of nitrogens with zero attached hydrogens (tertiary/aromatic N) is 2. The van der Waals surface area contributed by atoms with E-state index in [1.54, 1.807) is 24.4 Å². The van der Waals surface area contributed by atoms with Gasteiger partial charge in [0.05, 0.1) is 23.2 Å². The molecule has 0 atom stereocenters. The molecule has 0 saturated heterocycles. The van der Waals surface area contributed by atoms with E-state index in [4.69, 9.17) is 5.11 Å². The number of carbonyl (C=O) groups is 1. The number of aliphatic imine (C=N–C) groups is 1. The predicted molar refractivity (Wildman–Crippen MR) is 95.8 cm³/mol. The molecule has 4 nitrogen and oxygen atoms in total. The molecule has 1 heterocycles. The summed E-state index contributed by atoms with van der Waals surface area (Å²) in [6.07, 6.45) is 4.68. The molecule has 24 heavy (non-hydrogen) atoms. The topological polar surface area (TPSA) is 54.6 Å². The van der Waals surface area contributed by atoms with Crippen molar-refractivity contribution >= 4 is 17.9 Å². The maximum Gasteiger partial charge on any atom is 0.335 e. The second kappa shape index (κ2) is 6.96. The Morgan fingerprint density at radius 2 is 1.92 bits per heavy atom. The lowest BCUT2D eigenvalue weighted by Gasteiger charge is -2.07. The second-order valence-electron chi connectivity index (χ2n) is 5.44. The van der Waals surface area contributed by atoms with Gasteiger partial charge in [-0.05, 0) is 54.4 Å². The number of hydrogen-bond donors (Lipinski definition) is 1. The normalized spacial score (nSPS) is 11.0. The van der Waals surface area contributed by atoms with Gasteiger partial charge in [0.15, 0.2) is 0 Å². The van der Waals surface area contributed by atoms with Crippen LogP contribution >= 0.6 is 0 Å². The van der Waals surface area contributed by atoms with Crippen LogP contribution in [0.15, 0.2) is 71.9 Å². The predicted octanol–water partition coefficient (Wildman–Crippen LogP) is 4.49. The van der Waals surface area contributed by atoms with Gasteiger partial charge in [0.1, 0.15) is 0 Å². The molecule has 1 N–H and O–H groups in total. The zero-order valence-electron chi connectivity index (χ0n) is 13.4. The Balaban J connectivity index is 1.88. The lowest BCUT2D eigenvalue weighted by atomic mass is 10.1. The van der Waals surface area contributed by atoms with Crippen LogP contribution in [0.5, 0.6) is 0 Å². The third kappa shape index (κ3) is 3.43. The maximum atomic E-state index is 11.1. The van der Waals surface area contributed by atoms with E-state index in [0.717, 1.165) is 23.5 Å². The Kier molecular flexibility index (Phi) is 4.57. The molecule has 0 amide bonds. The summed E-state index contributed by atoms with van der Waals surface area (Å²) in [5, 5.41) is 9.14. The van der Waals surface area contributed by atoms with Gasteiger partial charge in [0, 0.05) is 11.9 Å². The summed E-state index contributed by atoms with van der Waals surface area (Å²) in [4.78, 5) is 15.6. The summed E-state index contributed by atoms with van der Waals surface area (Å²) in [7, 11) is 0. The molecule has 0 aliphatic carbocycles. The van der Waals surface area contributed by atoms with E-state index in [1.165, 1.54) is 5.56 Å². The van der Waals surface area contributed by atoms with Crippen molar-refractivity contribution in [2.75, 3.05) is 0 Å². The van der Waals surface area contributed by atoms with E-state index in [2.05, 4.69) is 24.0 Å². The molecule has 0 unspecified atom stereocenters. The lowest BCUT2D eigenvalue weighted by Crippen LogP contribution is -2.01. The Bertz CT molecular complexity index is 877. The molecule has 0 bridgehead atoms. The molecule has 0 radical (unpaired) electrons. The molecule has 3 aromatic rings. The lowest BCUT2D eigenvalue weighted by molar-refractivity contribution is 0.0697. The standard InChI is InChI=1S/C20H18N2O2/c1-2-15-8-10-17(11-9-15)21-14-19-7-4-12-22(19)18-6-3-5-16(13-18)20(23)24/h3-14H,2H2,1H3,(H,23,24). The number of hydrogen-bond acceptors (Lipinski definition) is 2. The molecule has 0 saturated carbocycles. The molecule has 3 rings (SSSR count). The van der Waals surface area contributed by atoms with Crippen LogP contribution in [0.4, 0.5) is 5.69 Å². The van der Waals surface area contributed by atoms with E-state index in [0.29, 0.717) is 0 Å². The zero-order chi connectivity index (χ0) is 16.9. The number of aromatic nitrogens is 1. The van der Waals surface area contributed by atoms with Crippen molar-refractivity contribution in [3.8, 4) is 5.69 Å². The van der Waals surface area contributed by atoms with Crippen LogP contribution in [0.3, 0.4) is 0 Å². The van der Waals surface area contributed by atoms with Crippen molar-refractivity contribution in [3.63, 3.8) is 0 Å². The van der Waals surface area contributed by atoms with Crippen LogP contribution in [0.2, 0.25) is 0 Å². The Morgan fingerprint density at radius 3 is 2.62 bits per heavy atom. The maximum absolute atomic E-state index is 11.1. The first kappa shape index (κ1) is 15.7. The summed E-state index contributed by atoms with van der Waals surface area (Å²) < 4.78 is 1.91. The van der Waals surface area contributed by atoms with Gasteiger partial charge in [0.2, 0.25) is 0 Å². The van der Waals surface area contributed by atoms with Gasteiger partial charge in [-0.3, -0.25) is 4.99 Å². The minimum Gasteiger partial charge on any atom is -0.478 e. The minimum atomic E-state index is -0.935. The van der Waals surface area contributed by atoms with Gasteiger partial charge in [0.25, 0.3) is 0 Å². The van der Waals surface area contributed by atoms with Gasteiger partial charge in [-0.25, -0.2) is 4.79 Å². The van der Waals surface area contributed by atoms with Gasteiger partial charge in [-0.1, -0.05) is 25.1 Å². The minimum absolute atomic E-state index is 0.263. The number of aryl methyl sites for hydroxylation is 1. The summed E-state index contributed by atoms with van der Waals surface area (Å²) in [6, 6.07) is 18.8. The average molecular weight is 318 g/mol. The molecule has 0 aliphatic rings. The average Bonchev–Trinajstić information content (AvgIpc) is 3.09. The van der Waals surface area contributed by atoms with Crippen LogP contribution in [-0.2, 0) is 6.42 Å². The largest absolute Gasteiger partial charge is 0.478 e. The highest BCUT2D eigenvalue weighted by atomic mass is 16.4. The van der Waals surface area contributed by atoms with Crippen molar-refractivity contribution in [2.45, 2.75) is 13.3 Å². The van der Waals surface area contributed by atoms with Crippen LogP contribution in [0.1, 0.15) is 28.5 Å². The summed E-state index contributed by atoms with van der Waals surface area (Å²) in [5.41, 5.74) is 4.11. The Morgan fingerprint density at radius 1 is 1.12 bits per heavy atom. The van der Waals surface area contributed by atoms with Gasteiger partial charge in [-0.15, -0.1) is 0 Å². The van der Waals surface area contributed by atoms with E-state index in [1.807, 2.05) is 41.1 Å². The summed E-state index contributed by atoms with van der Waals surface area (Å²) >= 11 is 0. The third-order valence-electron chi connectivity index (χ3n) is 3.84. The fourth-order valence-corrected chi connectivity index (χ4v) is 2.48. The van der Waals surface area contributed by atoms with Crippen molar-refractivity contribution in [3.05, 3.63) is 83.7 Å². The number of carboxylic acids is 1. The van der Waals surface area contributed by atoms with Crippen LogP contribution in [0, 0.1) is 0 Å². The molecular formula is C20H18N2O2. The molecule has 120 valence electrons. The zero-order valence-corrected chi connectivity index (χ0v) is 13.4. The van der Waals surface area contributed by atoms with Crippen LogP contribution < -0.4 is 0 Å². The van der Waals surface area contributed by atoms with Crippen LogP contribution in [-0.4, -0.2) is 21.9 Å². The number of aromatic carboxylic acids is 1. The van der Waals surface area contributed by atoms with Gasteiger partial charge >= 0.3 is 5.97 Å². The molecule has 0 fully saturated rings. The molecule has 1 aromatic heterocycles. The molecular weight excluding hydrogens is 300 g/mol. The number of rotatable bonds is 5. The first-order chi connectivity index (χ1) is 11.7. The Hall–Kier alpha value is -3.14. The highest BCUT2D eigenvalue weighted by Crippen LogP contribution is 2.16. The fourth-order valence-electron chi connectivity index (χ4n) is 2.48. The fraction of sp³-hybridized carbons (Fsp3) is 0.100. The van der Waals surface area contributed by atoms with Crippen molar-refractivity contribution in [2.24, 2.45) is 4.99 Å². The second-order valence-corrected chi connectivity index (χ2v) is 5.44. The van der Waals surface area contributed by atoms with Gasteiger partial charge in [-0.2, -0.15) is 0 Å². The van der Waals surface area contributed by atoms with Crippen molar-refractivity contribution in [1.82, 2.24) is 4.57 Å². The molecule has 2 aromatic carbocycles. The van der Waals surface area contributed by atoms with Crippen LogP contribution in [0.25, 0.3) is 5.69 Å². The highest BCUT2D eigenvalue weighted by molar-refractivity contribution is 5.88. The first-order valence-electron chi connectivity index (χ1n) is 7.81. The highest BCUT2D eigenvalue weighted by Gasteiger charge is 2.06. The SMILES string of the molecule is CCc1ccc(N=Cc2cccn2-c2cccc(C(=O)O)c2)cc1. The summed E-state index contributed by atoms with van der Waals surface area (Å²) in [6.45, 7) is 2.12. The Labute approximate surface area is 140 Å². The molecule has 0 spiro atoms. The van der Waals surface area contributed by atoms with E-state index in [-0.39, 0.29) is 5.56 Å². The van der Waals surface area contributed by atoms with Crippen molar-refractivity contribution < 1.29 is 9.90 Å². The monoisotopic (exact) mass is 318 g/mol. The van der Waals surface area contributed by atoms with Gasteiger partial charge < -0.3 is 9.67 Å². The third-order valence-corrected chi connectivity index (χ3v) is 3.84. The summed E-state index contributed by atoms with van der Waals surface area (Å²) in [5.74, 6) is -0.935. The number of carboxylic acid groups (broad SMARTS) is 1.